The van der Waals surface area contributed by atoms with Crippen molar-refractivity contribution in [2.45, 2.75) is 64.0 Å². The standard InChI is InChI=1S/C23H21NO2S2.C22H20OS.C7H9BO3/c1-16-7-10-21(11-8-16)28(25,26)15-24-17(2)18-9-12-23-20(13-18)14-19-5-3-4-6-22(19)27-23;1-15(16-7-10-20(23-2)11-8-16)17-9-12-22-19(13-17)14-18-5-3-4-6-21(18)24-22;1-11-7-4-2-6(3-5-7)8(9)10/h3-13H,14-15H2,1-2H3;3-13,15H,14H2,1-2H3;2-5,9-10H,1H3. The van der Waals surface area contributed by atoms with Crippen molar-refractivity contribution in [3.8, 4) is 11.5 Å². The molecule has 0 bridgehead atoms. The number of aryl methyl sites for hydroxylation is 1. The van der Waals surface area contributed by atoms with Crippen LogP contribution in [0.1, 0.15) is 64.3 Å². The molecule has 1 atom stereocenters. The number of aliphatic imine (C=N–C) groups is 1. The van der Waals surface area contributed by atoms with Crippen LogP contribution in [0, 0.1) is 6.92 Å². The Balaban J connectivity index is 0.000000154. The van der Waals surface area contributed by atoms with E-state index in [-0.39, 0.29) is 5.88 Å². The van der Waals surface area contributed by atoms with Gasteiger partial charge in [-0.1, -0.05) is 127 Å². The molecule has 0 amide bonds. The summed E-state index contributed by atoms with van der Waals surface area (Å²) in [5.41, 5.74) is 11.4. The number of ether oxygens (including phenoxy) is 2. The Morgan fingerprint density at radius 1 is 0.635 bits per heavy atom. The predicted molar refractivity (Wildman–Crippen MR) is 258 cm³/mol. The lowest BCUT2D eigenvalue weighted by atomic mass is 9.80. The van der Waals surface area contributed by atoms with Crippen LogP contribution in [0.5, 0.6) is 11.5 Å². The molecule has 2 N–H and O–H groups in total. The SMILES string of the molecule is CC(=NCS(=O)(=O)c1ccc(C)cc1)c1ccc2c(c1)Cc1ccccc1S2.COc1ccc(B(O)O)cc1.COc1ccc(C(C)c2ccc3c(c2)Cc2ccccc2S3)cc1. The van der Waals surface area contributed by atoms with Crippen LogP contribution in [0.15, 0.2) is 187 Å². The Kier molecular flexibility index (Phi) is 15.0. The zero-order valence-electron chi connectivity index (χ0n) is 36.0. The minimum atomic E-state index is -3.43. The fourth-order valence-corrected chi connectivity index (χ4v) is 10.4. The largest absolute Gasteiger partial charge is 0.497 e. The van der Waals surface area contributed by atoms with Crippen molar-refractivity contribution in [2.24, 2.45) is 4.99 Å². The molecule has 0 radical (unpaired) electrons. The van der Waals surface area contributed by atoms with Crippen molar-refractivity contribution in [3.05, 3.63) is 202 Å². The Morgan fingerprint density at radius 3 is 1.68 bits per heavy atom. The van der Waals surface area contributed by atoms with Crippen LogP contribution in [-0.4, -0.2) is 51.4 Å². The molecule has 320 valence electrons. The van der Waals surface area contributed by atoms with Crippen molar-refractivity contribution in [3.63, 3.8) is 0 Å². The molecule has 7 aromatic rings. The highest BCUT2D eigenvalue weighted by atomic mass is 32.2. The van der Waals surface area contributed by atoms with Crippen LogP contribution in [0.25, 0.3) is 0 Å². The normalized spacial score (nSPS) is 13.0. The van der Waals surface area contributed by atoms with Gasteiger partial charge in [0.2, 0.25) is 0 Å². The Morgan fingerprint density at radius 2 is 1.13 bits per heavy atom. The highest BCUT2D eigenvalue weighted by Crippen LogP contribution is 2.41. The number of sulfone groups is 1. The molecule has 0 aliphatic carbocycles. The molecule has 0 spiro atoms. The summed E-state index contributed by atoms with van der Waals surface area (Å²) in [5.74, 6) is 1.75. The number of benzene rings is 7. The van der Waals surface area contributed by atoms with Gasteiger partial charge in [0.15, 0.2) is 9.84 Å². The summed E-state index contributed by atoms with van der Waals surface area (Å²) in [4.78, 5) is 10.0. The van der Waals surface area contributed by atoms with Crippen molar-refractivity contribution in [1.29, 1.82) is 0 Å². The Bertz CT molecular complexity index is 2810. The van der Waals surface area contributed by atoms with Gasteiger partial charge < -0.3 is 19.5 Å². The maximum atomic E-state index is 12.5. The van der Waals surface area contributed by atoms with Crippen LogP contribution in [0.3, 0.4) is 0 Å². The third kappa shape index (κ3) is 11.5. The molecule has 0 aromatic heterocycles. The van der Waals surface area contributed by atoms with E-state index in [2.05, 4.69) is 103 Å². The number of fused-ring (bicyclic) bond motifs is 4. The molecule has 1 unspecified atom stereocenters. The first-order valence-corrected chi connectivity index (χ1v) is 23.9. The maximum Gasteiger partial charge on any atom is 0.488 e. The summed E-state index contributed by atoms with van der Waals surface area (Å²) in [6.45, 7) is 6.08. The van der Waals surface area contributed by atoms with Crippen LogP contribution >= 0.6 is 23.5 Å². The minimum Gasteiger partial charge on any atom is -0.497 e. The molecule has 0 fully saturated rings. The zero-order valence-corrected chi connectivity index (χ0v) is 38.4. The van der Waals surface area contributed by atoms with E-state index >= 15 is 0 Å². The second-order valence-electron chi connectivity index (χ2n) is 15.4. The second kappa shape index (κ2) is 20.8. The molecule has 11 heteroatoms. The molecule has 2 heterocycles. The molecule has 7 nitrogen and oxygen atoms in total. The average Bonchev–Trinajstić information content (AvgIpc) is 3.32. The lowest BCUT2D eigenvalue weighted by Crippen LogP contribution is -2.29. The van der Waals surface area contributed by atoms with Gasteiger partial charge in [-0.3, -0.25) is 4.99 Å². The van der Waals surface area contributed by atoms with E-state index < -0.39 is 17.0 Å². The van der Waals surface area contributed by atoms with Gasteiger partial charge in [0, 0.05) is 31.2 Å². The molecular weight excluding hydrogens is 842 g/mol. The first-order chi connectivity index (χ1) is 30.4. The third-order valence-corrected chi connectivity index (χ3v) is 15.0. The molecular formula is C52H50BNO6S3. The fourth-order valence-electron chi connectivity index (χ4n) is 7.25. The van der Waals surface area contributed by atoms with Crippen LogP contribution < -0.4 is 14.9 Å². The summed E-state index contributed by atoms with van der Waals surface area (Å²) in [6, 6.07) is 52.2. The Hall–Kier alpha value is -5.56. The first kappa shape index (κ1) is 45.5. The van der Waals surface area contributed by atoms with Crippen LogP contribution in [0.2, 0.25) is 0 Å². The van der Waals surface area contributed by atoms with Gasteiger partial charge in [0.1, 0.15) is 17.4 Å². The van der Waals surface area contributed by atoms with E-state index in [9.17, 15) is 8.42 Å². The quantitative estimate of drug-likeness (QED) is 0.109. The van der Waals surface area contributed by atoms with Crippen LogP contribution in [0.4, 0.5) is 0 Å². The van der Waals surface area contributed by atoms with Gasteiger partial charge in [-0.2, -0.15) is 0 Å². The second-order valence-corrected chi connectivity index (χ2v) is 19.5. The van der Waals surface area contributed by atoms with Crippen molar-refractivity contribution in [2.75, 3.05) is 20.1 Å². The van der Waals surface area contributed by atoms with E-state index in [0.717, 1.165) is 35.4 Å². The number of methoxy groups -OCH3 is 2. The van der Waals surface area contributed by atoms with Crippen molar-refractivity contribution in [1.82, 2.24) is 0 Å². The molecule has 2 aliphatic rings. The highest BCUT2D eigenvalue weighted by molar-refractivity contribution is 7.99. The highest BCUT2D eigenvalue weighted by Gasteiger charge is 2.20. The maximum absolute atomic E-state index is 12.5. The van der Waals surface area contributed by atoms with Gasteiger partial charge in [-0.25, -0.2) is 8.42 Å². The molecule has 0 saturated heterocycles. The molecule has 63 heavy (non-hydrogen) atoms. The zero-order chi connectivity index (χ0) is 44.5. The number of rotatable bonds is 9. The molecule has 9 rings (SSSR count). The summed E-state index contributed by atoms with van der Waals surface area (Å²) < 4.78 is 35.2. The first-order valence-electron chi connectivity index (χ1n) is 20.6. The molecule has 2 aliphatic heterocycles. The summed E-state index contributed by atoms with van der Waals surface area (Å²) >= 11 is 3.67. The molecule has 7 aromatic carbocycles. The van der Waals surface area contributed by atoms with E-state index in [1.165, 1.54) is 53.0 Å². The van der Waals surface area contributed by atoms with Crippen molar-refractivity contribution >= 4 is 51.7 Å². The fraction of sp³-hybridized carbons (Fsp3) is 0.173. The van der Waals surface area contributed by atoms with E-state index in [1.807, 2.05) is 55.9 Å². The third-order valence-electron chi connectivity index (χ3n) is 11.1. The summed E-state index contributed by atoms with van der Waals surface area (Å²) in [5, 5.41) is 17.4. The smallest absolute Gasteiger partial charge is 0.488 e. The van der Waals surface area contributed by atoms with E-state index in [1.54, 1.807) is 62.4 Å². The topological polar surface area (TPSA) is 105 Å². The minimum absolute atomic E-state index is 0.240. The van der Waals surface area contributed by atoms with Gasteiger partial charge in [-0.15, -0.1) is 0 Å². The monoisotopic (exact) mass is 891 g/mol. The van der Waals surface area contributed by atoms with Gasteiger partial charge >= 0.3 is 7.12 Å². The molecule has 0 saturated carbocycles. The summed E-state index contributed by atoms with van der Waals surface area (Å²) in [7, 11) is -1.57. The summed E-state index contributed by atoms with van der Waals surface area (Å²) in [6.07, 6.45) is 1.92. The number of nitrogens with zero attached hydrogens (tertiary/aromatic N) is 1. The van der Waals surface area contributed by atoms with Crippen molar-refractivity contribution < 1.29 is 27.9 Å². The van der Waals surface area contributed by atoms with Gasteiger partial charge in [0.25, 0.3) is 0 Å². The van der Waals surface area contributed by atoms with Crippen LogP contribution in [-0.2, 0) is 22.7 Å². The van der Waals surface area contributed by atoms with E-state index in [0.29, 0.717) is 22.0 Å². The number of hydrogen-bond donors (Lipinski definition) is 2. The average molecular weight is 892 g/mol. The van der Waals surface area contributed by atoms with E-state index in [4.69, 9.17) is 19.5 Å². The van der Waals surface area contributed by atoms with Gasteiger partial charge in [-0.05, 0) is 138 Å². The lowest BCUT2D eigenvalue weighted by molar-refractivity contribution is 0.414. The number of hydrogen-bond acceptors (Lipinski definition) is 9. The lowest BCUT2D eigenvalue weighted by Gasteiger charge is -2.21. The predicted octanol–water partition coefficient (Wildman–Crippen LogP) is 10.6. The Labute approximate surface area is 380 Å². The van der Waals surface area contributed by atoms with Gasteiger partial charge in [0.05, 0.1) is 19.1 Å².